The minimum atomic E-state index is -3.39. The fourth-order valence-electron chi connectivity index (χ4n) is 4.16. The van der Waals surface area contributed by atoms with Crippen molar-refractivity contribution in [1.82, 2.24) is 14.2 Å². The average molecular weight is 480 g/mol. The normalized spacial score (nSPS) is 15.2. The van der Waals surface area contributed by atoms with Gasteiger partial charge in [-0.05, 0) is 35.6 Å². The number of piperidine rings is 1. The molecule has 0 bridgehead atoms. The number of carbonyl (C=O) groups excluding carboxylic acids is 1. The Morgan fingerprint density at radius 1 is 0.853 bits per heavy atom. The summed E-state index contributed by atoms with van der Waals surface area (Å²) in [6, 6.07) is 22.0. The molecule has 178 valence electrons. The van der Waals surface area contributed by atoms with Gasteiger partial charge in [-0.3, -0.25) is 9.59 Å². The van der Waals surface area contributed by atoms with Crippen molar-refractivity contribution in [3.8, 4) is 0 Å². The maximum atomic E-state index is 12.7. The van der Waals surface area contributed by atoms with Gasteiger partial charge in [0.1, 0.15) is 0 Å². The fraction of sp³-hybridized carbons (Fsp3) is 0.308. The summed E-state index contributed by atoms with van der Waals surface area (Å²) in [4.78, 5) is 24.5. The van der Waals surface area contributed by atoms with Crippen molar-refractivity contribution in [2.75, 3.05) is 13.1 Å². The Bertz CT molecular complexity index is 1260. The van der Waals surface area contributed by atoms with Crippen molar-refractivity contribution in [3.63, 3.8) is 0 Å². The van der Waals surface area contributed by atoms with Crippen molar-refractivity contribution in [3.05, 3.63) is 106 Å². The lowest BCUT2D eigenvalue weighted by Crippen LogP contribution is -2.43. The molecule has 0 atom stereocenters. The van der Waals surface area contributed by atoms with Gasteiger partial charge in [0.15, 0.2) is 0 Å². The monoisotopic (exact) mass is 479 g/mol. The predicted molar refractivity (Wildman–Crippen MR) is 131 cm³/mol. The Morgan fingerprint density at radius 2 is 1.50 bits per heavy atom. The summed E-state index contributed by atoms with van der Waals surface area (Å²) in [7, 11) is -3.39. The molecule has 0 unspecified atom stereocenters. The quantitative estimate of drug-likeness (QED) is 0.538. The highest BCUT2D eigenvalue weighted by Gasteiger charge is 2.31. The Balaban J connectivity index is 1.24. The molecule has 7 nitrogen and oxygen atoms in total. The molecule has 3 aromatic rings. The van der Waals surface area contributed by atoms with E-state index in [0.717, 1.165) is 16.7 Å². The summed E-state index contributed by atoms with van der Waals surface area (Å²) >= 11 is 0. The Labute approximate surface area is 200 Å². The summed E-state index contributed by atoms with van der Waals surface area (Å²) in [5.41, 5.74) is 2.70. The number of carbonyl (C=O) groups is 1. The van der Waals surface area contributed by atoms with E-state index in [2.05, 4.69) is 5.32 Å². The van der Waals surface area contributed by atoms with Gasteiger partial charge >= 0.3 is 0 Å². The van der Waals surface area contributed by atoms with Crippen LogP contribution in [0.3, 0.4) is 0 Å². The van der Waals surface area contributed by atoms with Crippen LogP contribution in [0.15, 0.2) is 83.8 Å². The minimum Gasteiger partial charge on any atom is -0.352 e. The summed E-state index contributed by atoms with van der Waals surface area (Å²) in [5, 5.41) is 2.98. The largest absolute Gasteiger partial charge is 0.352 e. The highest BCUT2D eigenvalue weighted by molar-refractivity contribution is 7.88. The van der Waals surface area contributed by atoms with Crippen molar-refractivity contribution < 1.29 is 13.2 Å². The summed E-state index contributed by atoms with van der Waals surface area (Å²) < 4.78 is 28.6. The second-order valence-corrected chi connectivity index (χ2v) is 10.6. The number of rotatable bonds is 8. The second kappa shape index (κ2) is 10.8. The number of aromatic nitrogens is 1. The number of benzene rings is 2. The van der Waals surface area contributed by atoms with Gasteiger partial charge in [-0.2, -0.15) is 0 Å². The lowest BCUT2D eigenvalue weighted by atomic mass is 9.97. The first kappa shape index (κ1) is 23.9. The molecule has 1 saturated heterocycles. The lowest BCUT2D eigenvalue weighted by Gasteiger charge is -2.30. The number of nitrogens with one attached hydrogen (secondary N) is 1. The topological polar surface area (TPSA) is 88.5 Å². The van der Waals surface area contributed by atoms with Gasteiger partial charge in [-0.15, -0.1) is 0 Å². The maximum Gasteiger partial charge on any atom is 0.250 e. The number of pyridine rings is 1. The van der Waals surface area contributed by atoms with E-state index < -0.39 is 10.0 Å². The molecule has 1 aromatic heterocycles. The van der Waals surface area contributed by atoms with Crippen molar-refractivity contribution in [2.45, 2.75) is 31.7 Å². The average Bonchev–Trinajstić information content (AvgIpc) is 2.85. The molecule has 4 rings (SSSR count). The van der Waals surface area contributed by atoms with Crippen LogP contribution >= 0.6 is 0 Å². The molecular weight excluding hydrogens is 450 g/mol. The highest BCUT2D eigenvalue weighted by atomic mass is 32.2. The van der Waals surface area contributed by atoms with Crippen LogP contribution in [0.2, 0.25) is 0 Å². The molecule has 0 radical (unpaired) electrons. The number of sulfonamides is 1. The van der Waals surface area contributed by atoms with E-state index in [9.17, 15) is 18.0 Å². The zero-order valence-electron chi connectivity index (χ0n) is 19.0. The summed E-state index contributed by atoms with van der Waals surface area (Å²) in [6.45, 7) is 1.64. The lowest BCUT2D eigenvalue weighted by molar-refractivity contribution is -0.126. The summed E-state index contributed by atoms with van der Waals surface area (Å²) in [6.07, 6.45) is 2.80. The molecule has 2 aromatic carbocycles. The minimum absolute atomic E-state index is 0.0143. The van der Waals surface area contributed by atoms with Crippen LogP contribution in [-0.4, -0.2) is 36.3 Å². The van der Waals surface area contributed by atoms with Crippen molar-refractivity contribution in [1.29, 1.82) is 0 Å². The van der Waals surface area contributed by atoms with Crippen LogP contribution < -0.4 is 10.9 Å². The van der Waals surface area contributed by atoms with Crippen LogP contribution in [-0.2, 0) is 33.7 Å². The van der Waals surface area contributed by atoms with Crippen LogP contribution in [0.4, 0.5) is 0 Å². The van der Waals surface area contributed by atoms with E-state index in [1.54, 1.807) is 16.8 Å². The van der Waals surface area contributed by atoms with E-state index in [0.29, 0.717) is 39.0 Å². The zero-order chi connectivity index (χ0) is 24.0. The molecule has 0 aliphatic carbocycles. The van der Waals surface area contributed by atoms with Crippen LogP contribution in [0, 0.1) is 5.92 Å². The predicted octanol–water partition coefficient (Wildman–Crippen LogP) is 2.75. The third kappa shape index (κ3) is 6.21. The smallest absolute Gasteiger partial charge is 0.250 e. The van der Waals surface area contributed by atoms with Crippen molar-refractivity contribution in [2.24, 2.45) is 5.92 Å². The first-order chi connectivity index (χ1) is 16.4. The van der Waals surface area contributed by atoms with E-state index >= 15 is 0 Å². The Kier molecular flexibility index (Phi) is 7.59. The summed E-state index contributed by atoms with van der Waals surface area (Å²) in [5.74, 6) is -0.244. The molecule has 8 heteroatoms. The molecule has 1 aliphatic rings. The van der Waals surface area contributed by atoms with Gasteiger partial charge < -0.3 is 9.88 Å². The number of nitrogens with zero attached hydrogens (tertiary/aromatic N) is 2. The molecule has 0 spiro atoms. The molecule has 1 fully saturated rings. The molecule has 34 heavy (non-hydrogen) atoms. The number of hydrogen-bond acceptors (Lipinski definition) is 4. The van der Waals surface area contributed by atoms with Gasteiger partial charge in [-0.1, -0.05) is 60.7 Å². The third-order valence-electron chi connectivity index (χ3n) is 6.15. The Morgan fingerprint density at radius 3 is 2.18 bits per heavy atom. The molecule has 1 aliphatic heterocycles. The van der Waals surface area contributed by atoms with Crippen LogP contribution in [0.1, 0.15) is 29.5 Å². The van der Waals surface area contributed by atoms with E-state index in [4.69, 9.17) is 0 Å². The maximum absolute atomic E-state index is 12.7. The second-order valence-electron chi connectivity index (χ2n) is 8.62. The Hall–Kier alpha value is -3.23. The molecular formula is C26H29N3O4S. The standard InChI is InChI=1S/C26H29N3O4S/c30-25-8-4-5-15-28(25)19-22-11-9-21(10-12-22)18-27-26(31)24-13-16-29(17-14-24)34(32,33)20-23-6-2-1-3-7-23/h1-12,15,24H,13-14,16-20H2,(H,27,31). The van der Waals surface area contributed by atoms with Crippen LogP contribution in [0.5, 0.6) is 0 Å². The van der Waals surface area contributed by atoms with Gasteiger partial charge in [0.05, 0.1) is 12.3 Å². The number of amides is 1. The van der Waals surface area contributed by atoms with E-state index in [1.165, 1.54) is 10.4 Å². The van der Waals surface area contributed by atoms with Gasteiger partial charge in [-0.25, -0.2) is 12.7 Å². The first-order valence-electron chi connectivity index (χ1n) is 11.4. The highest BCUT2D eigenvalue weighted by Crippen LogP contribution is 2.22. The molecule has 1 N–H and O–H groups in total. The van der Waals surface area contributed by atoms with Gasteiger partial charge in [0.25, 0.3) is 5.56 Å². The zero-order valence-corrected chi connectivity index (χ0v) is 19.8. The molecule has 1 amide bonds. The fourth-order valence-corrected chi connectivity index (χ4v) is 5.72. The van der Waals surface area contributed by atoms with Crippen LogP contribution in [0.25, 0.3) is 0 Å². The van der Waals surface area contributed by atoms with E-state index in [-0.39, 0.29) is 23.1 Å². The van der Waals surface area contributed by atoms with Crippen molar-refractivity contribution >= 4 is 15.9 Å². The van der Waals surface area contributed by atoms with Gasteiger partial charge in [0.2, 0.25) is 15.9 Å². The molecule has 0 saturated carbocycles. The third-order valence-corrected chi connectivity index (χ3v) is 8.00. The first-order valence-corrected chi connectivity index (χ1v) is 13.0. The van der Waals surface area contributed by atoms with E-state index in [1.807, 2.05) is 60.7 Å². The number of hydrogen-bond donors (Lipinski definition) is 1. The molecule has 2 heterocycles. The van der Waals surface area contributed by atoms with Gasteiger partial charge in [0, 0.05) is 37.8 Å². The SMILES string of the molecule is O=C(NCc1ccc(Cn2ccccc2=O)cc1)C1CCN(S(=O)(=O)Cc2ccccc2)CC1.